The van der Waals surface area contributed by atoms with Gasteiger partial charge in [0.2, 0.25) is 0 Å². The second kappa shape index (κ2) is 8.98. The fourth-order valence-corrected chi connectivity index (χ4v) is 4.38. The number of hydrogen-bond donors (Lipinski definition) is 1. The van der Waals surface area contributed by atoms with Gasteiger partial charge in [0.25, 0.3) is 0 Å². The Kier molecular flexibility index (Phi) is 5.76. The van der Waals surface area contributed by atoms with Gasteiger partial charge in [-0.25, -0.2) is 4.68 Å². The van der Waals surface area contributed by atoms with E-state index >= 15 is 0 Å². The Morgan fingerprint density at radius 1 is 0.935 bits per heavy atom. The summed E-state index contributed by atoms with van der Waals surface area (Å²) in [5.41, 5.74) is 5.66. The molecule has 0 fully saturated rings. The number of rotatable bonds is 5. The lowest BCUT2D eigenvalue weighted by atomic mass is 10.0. The molecule has 0 unspecified atom stereocenters. The van der Waals surface area contributed by atoms with E-state index in [9.17, 15) is 0 Å². The van der Waals surface area contributed by atoms with E-state index in [1.54, 1.807) is 0 Å². The first kappa shape index (κ1) is 19.9. The Hall–Kier alpha value is -3.05. The van der Waals surface area contributed by atoms with Crippen molar-refractivity contribution in [1.29, 1.82) is 0 Å². The summed E-state index contributed by atoms with van der Waals surface area (Å²) in [6, 6.07) is 26.8. The molecular formula is C26H24BrN3O. The van der Waals surface area contributed by atoms with Gasteiger partial charge < -0.3 is 10.1 Å². The van der Waals surface area contributed by atoms with Gasteiger partial charge in [0, 0.05) is 22.1 Å². The summed E-state index contributed by atoms with van der Waals surface area (Å²) in [5.74, 6) is 1.96. The van der Waals surface area contributed by atoms with E-state index in [1.165, 1.54) is 18.4 Å². The summed E-state index contributed by atoms with van der Waals surface area (Å²) in [6.07, 6.45) is 3.36. The Balaban J connectivity index is 1.45. The molecule has 156 valence electrons. The van der Waals surface area contributed by atoms with Crippen molar-refractivity contribution in [1.82, 2.24) is 9.78 Å². The standard InChI is InChI=1S/C26H24BrN3O/c27-21-10-6-9-20(17-21)25-24-11-4-5-16-28-26(24)30(29-25)22-12-14-23(15-13-22)31-18-19-7-2-1-3-8-19/h1-3,6-10,12-15,17,28H,4-5,11,16,18H2. The van der Waals surface area contributed by atoms with E-state index < -0.39 is 0 Å². The van der Waals surface area contributed by atoms with Gasteiger partial charge >= 0.3 is 0 Å². The third kappa shape index (κ3) is 4.37. The molecule has 0 bridgehead atoms. The number of ether oxygens (including phenoxy) is 1. The summed E-state index contributed by atoms with van der Waals surface area (Å²) in [5, 5.41) is 8.65. The quantitative estimate of drug-likeness (QED) is 0.353. The zero-order valence-electron chi connectivity index (χ0n) is 17.2. The van der Waals surface area contributed by atoms with Crippen molar-refractivity contribution in [2.75, 3.05) is 11.9 Å². The minimum atomic E-state index is 0.561. The summed E-state index contributed by atoms with van der Waals surface area (Å²) in [6.45, 7) is 1.53. The van der Waals surface area contributed by atoms with Gasteiger partial charge in [-0.3, -0.25) is 0 Å². The van der Waals surface area contributed by atoms with Crippen LogP contribution in [0.2, 0.25) is 0 Å². The summed E-state index contributed by atoms with van der Waals surface area (Å²) in [4.78, 5) is 0. The van der Waals surface area contributed by atoms with Gasteiger partial charge in [-0.1, -0.05) is 58.4 Å². The molecule has 0 amide bonds. The molecular weight excluding hydrogens is 450 g/mol. The highest BCUT2D eigenvalue weighted by atomic mass is 79.9. The smallest absolute Gasteiger partial charge is 0.133 e. The van der Waals surface area contributed by atoms with Crippen molar-refractivity contribution in [2.24, 2.45) is 0 Å². The Labute approximate surface area is 191 Å². The van der Waals surface area contributed by atoms with Crippen molar-refractivity contribution in [3.8, 4) is 22.7 Å². The summed E-state index contributed by atoms with van der Waals surface area (Å²) in [7, 11) is 0. The molecule has 1 aromatic heterocycles. The van der Waals surface area contributed by atoms with Crippen LogP contribution < -0.4 is 10.1 Å². The summed E-state index contributed by atoms with van der Waals surface area (Å²) >= 11 is 3.60. The average Bonchev–Trinajstić information content (AvgIpc) is 2.99. The number of hydrogen-bond acceptors (Lipinski definition) is 3. The third-order valence-corrected chi connectivity index (χ3v) is 6.05. The lowest BCUT2D eigenvalue weighted by Crippen LogP contribution is -2.07. The number of nitrogens with one attached hydrogen (secondary N) is 1. The second-order valence-electron chi connectivity index (χ2n) is 7.75. The zero-order chi connectivity index (χ0) is 21.0. The molecule has 0 aliphatic carbocycles. The molecule has 0 radical (unpaired) electrons. The van der Waals surface area contributed by atoms with Crippen LogP contribution in [0.4, 0.5) is 5.82 Å². The van der Waals surface area contributed by atoms with Crippen molar-refractivity contribution in [3.05, 3.63) is 94.5 Å². The fraction of sp³-hybridized carbons (Fsp3) is 0.192. The first-order chi connectivity index (χ1) is 15.3. The van der Waals surface area contributed by atoms with E-state index in [1.807, 2.05) is 41.1 Å². The fourth-order valence-electron chi connectivity index (χ4n) is 3.98. The molecule has 5 heteroatoms. The monoisotopic (exact) mass is 473 g/mol. The maximum absolute atomic E-state index is 5.95. The lowest BCUT2D eigenvalue weighted by Gasteiger charge is -2.11. The van der Waals surface area contributed by atoms with Gasteiger partial charge in [-0.05, 0) is 61.2 Å². The Bertz CT molecular complexity index is 1170. The second-order valence-corrected chi connectivity index (χ2v) is 8.67. The van der Waals surface area contributed by atoms with Crippen molar-refractivity contribution in [3.63, 3.8) is 0 Å². The third-order valence-electron chi connectivity index (χ3n) is 5.56. The Morgan fingerprint density at radius 2 is 1.77 bits per heavy atom. The van der Waals surface area contributed by atoms with Crippen molar-refractivity contribution < 1.29 is 4.74 Å². The number of aromatic nitrogens is 2. The number of halogens is 1. The maximum atomic E-state index is 5.95. The van der Waals surface area contributed by atoms with E-state index in [-0.39, 0.29) is 0 Å². The zero-order valence-corrected chi connectivity index (χ0v) is 18.8. The van der Waals surface area contributed by atoms with Crippen LogP contribution in [0.15, 0.2) is 83.3 Å². The van der Waals surface area contributed by atoms with Crippen LogP contribution in [-0.2, 0) is 13.0 Å². The summed E-state index contributed by atoms with van der Waals surface area (Å²) < 4.78 is 9.06. The first-order valence-electron chi connectivity index (χ1n) is 10.7. The normalized spacial score (nSPS) is 13.2. The molecule has 1 aliphatic rings. The lowest BCUT2D eigenvalue weighted by molar-refractivity contribution is 0.306. The van der Waals surface area contributed by atoms with E-state index in [0.717, 1.165) is 51.5 Å². The molecule has 4 nitrogen and oxygen atoms in total. The van der Waals surface area contributed by atoms with Crippen LogP contribution in [-0.4, -0.2) is 16.3 Å². The van der Waals surface area contributed by atoms with Gasteiger partial charge in [-0.2, -0.15) is 5.10 Å². The minimum Gasteiger partial charge on any atom is -0.489 e. The van der Waals surface area contributed by atoms with Gasteiger partial charge in [0.15, 0.2) is 0 Å². The van der Waals surface area contributed by atoms with Crippen LogP contribution >= 0.6 is 15.9 Å². The highest BCUT2D eigenvalue weighted by Gasteiger charge is 2.21. The average molecular weight is 474 g/mol. The predicted octanol–water partition coefficient (Wildman–Crippen LogP) is 6.63. The SMILES string of the molecule is Brc1cccc(-c2nn(-c3ccc(OCc4ccccc4)cc3)c3c2CCCCN3)c1. The van der Waals surface area contributed by atoms with E-state index in [0.29, 0.717) is 6.61 Å². The molecule has 4 aromatic rings. The number of anilines is 1. The molecule has 3 aromatic carbocycles. The van der Waals surface area contributed by atoms with Crippen LogP contribution in [0.5, 0.6) is 5.75 Å². The molecule has 1 N–H and O–H groups in total. The highest BCUT2D eigenvalue weighted by Crippen LogP contribution is 2.35. The number of benzene rings is 3. The van der Waals surface area contributed by atoms with Gasteiger partial charge in [0.1, 0.15) is 18.2 Å². The molecule has 0 spiro atoms. The van der Waals surface area contributed by atoms with Crippen molar-refractivity contribution >= 4 is 21.7 Å². The largest absolute Gasteiger partial charge is 0.489 e. The van der Waals surface area contributed by atoms with Crippen LogP contribution in [0, 0.1) is 0 Å². The number of nitrogens with zero attached hydrogens (tertiary/aromatic N) is 2. The first-order valence-corrected chi connectivity index (χ1v) is 11.5. The molecule has 1 aliphatic heterocycles. The molecule has 31 heavy (non-hydrogen) atoms. The van der Waals surface area contributed by atoms with Gasteiger partial charge in [0.05, 0.1) is 11.4 Å². The van der Waals surface area contributed by atoms with Crippen molar-refractivity contribution in [2.45, 2.75) is 25.9 Å². The van der Waals surface area contributed by atoms with Crippen LogP contribution in [0.25, 0.3) is 16.9 Å². The maximum Gasteiger partial charge on any atom is 0.133 e. The van der Waals surface area contributed by atoms with Crippen LogP contribution in [0.3, 0.4) is 0 Å². The topological polar surface area (TPSA) is 39.1 Å². The van der Waals surface area contributed by atoms with Gasteiger partial charge in [-0.15, -0.1) is 0 Å². The molecule has 5 rings (SSSR count). The molecule has 2 heterocycles. The molecule has 0 saturated heterocycles. The highest BCUT2D eigenvalue weighted by molar-refractivity contribution is 9.10. The van der Waals surface area contributed by atoms with E-state index in [4.69, 9.17) is 9.84 Å². The van der Waals surface area contributed by atoms with E-state index in [2.05, 4.69) is 63.7 Å². The molecule has 0 atom stereocenters. The Morgan fingerprint density at radius 3 is 2.58 bits per heavy atom. The molecule has 0 saturated carbocycles. The minimum absolute atomic E-state index is 0.561. The number of fused-ring (bicyclic) bond motifs is 1. The predicted molar refractivity (Wildman–Crippen MR) is 129 cm³/mol. The van der Waals surface area contributed by atoms with Crippen LogP contribution in [0.1, 0.15) is 24.0 Å².